The molecule has 2 heterocycles. The fraction of sp³-hybridized carbons (Fsp3) is 0.188. The predicted molar refractivity (Wildman–Crippen MR) is 155 cm³/mol. The quantitative estimate of drug-likeness (QED) is 0.158. The van der Waals surface area contributed by atoms with Gasteiger partial charge in [0.05, 0.1) is 34.9 Å². The number of aliphatic carboxylic acids is 1. The molecule has 2 aromatic heterocycles. The van der Waals surface area contributed by atoms with E-state index in [0.29, 0.717) is 34.8 Å². The van der Waals surface area contributed by atoms with Crippen LogP contribution in [0.3, 0.4) is 0 Å². The summed E-state index contributed by atoms with van der Waals surface area (Å²) in [6.07, 6.45) is -8.58. The molecule has 0 spiro atoms. The van der Waals surface area contributed by atoms with Gasteiger partial charge in [-0.25, -0.2) is 4.39 Å². The normalized spacial score (nSPS) is 12.6. The molecule has 0 fully saturated rings. The van der Waals surface area contributed by atoms with Crippen LogP contribution in [0.1, 0.15) is 40.9 Å². The van der Waals surface area contributed by atoms with E-state index in [1.165, 1.54) is 41.2 Å². The summed E-state index contributed by atoms with van der Waals surface area (Å²) < 4.78 is 99.4. The Morgan fingerprint density at radius 2 is 1.68 bits per heavy atom. The second-order valence-electron chi connectivity index (χ2n) is 10.4. The summed E-state index contributed by atoms with van der Waals surface area (Å²) in [6.45, 7) is 1.61. The molecule has 0 aliphatic rings. The number of alkyl halides is 6. The monoisotopic (exact) mass is 660 g/mol. The van der Waals surface area contributed by atoms with Crippen LogP contribution in [-0.2, 0) is 11.0 Å². The first-order valence-corrected chi connectivity index (χ1v) is 13.8. The van der Waals surface area contributed by atoms with Gasteiger partial charge in [0.2, 0.25) is 0 Å². The standard InChI is InChI=1S/C32H23F7N4O4/c1-17(18-2-4-19(5-3-18)30(46)40-11-10-29(44)45)43-28(15-27(42-43)24-14-22(31(34,35)36)6-8-25(24)33)21-12-20-13-23(47-32(37,38)39)7-9-26(20)41-16-21/h2-9,12-17H,10-11H2,1H3,(H,40,46)(H,44,45). The molecule has 0 saturated carbocycles. The third-order valence-corrected chi connectivity index (χ3v) is 7.13. The number of aromatic nitrogens is 3. The molecule has 15 heteroatoms. The zero-order valence-electron chi connectivity index (χ0n) is 24.2. The summed E-state index contributed by atoms with van der Waals surface area (Å²) in [5.74, 6) is -3.05. The van der Waals surface area contributed by atoms with E-state index in [2.05, 4.69) is 20.1 Å². The second-order valence-corrected chi connectivity index (χ2v) is 10.4. The largest absolute Gasteiger partial charge is 0.573 e. The van der Waals surface area contributed by atoms with Crippen molar-refractivity contribution in [1.82, 2.24) is 20.1 Å². The Labute approximate surface area is 261 Å². The molecule has 8 nitrogen and oxygen atoms in total. The zero-order valence-corrected chi connectivity index (χ0v) is 24.2. The van der Waals surface area contributed by atoms with Crippen molar-refractivity contribution in [2.24, 2.45) is 0 Å². The minimum atomic E-state index is -4.94. The highest BCUT2D eigenvalue weighted by Gasteiger charge is 2.32. The summed E-state index contributed by atoms with van der Waals surface area (Å²) in [5.41, 5.74) is -0.0142. The molecule has 0 radical (unpaired) electrons. The Kier molecular flexibility index (Phi) is 8.91. The molecule has 5 aromatic rings. The minimum Gasteiger partial charge on any atom is -0.481 e. The minimum absolute atomic E-state index is 0.0819. The van der Waals surface area contributed by atoms with Gasteiger partial charge >= 0.3 is 18.5 Å². The Morgan fingerprint density at radius 3 is 2.34 bits per heavy atom. The van der Waals surface area contributed by atoms with Crippen molar-refractivity contribution in [2.75, 3.05) is 6.54 Å². The van der Waals surface area contributed by atoms with Crippen molar-refractivity contribution in [1.29, 1.82) is 0 Å². The first-order chi connectivity index (χ1) is 22.1. The lowest BCUT2D eigenvalue weighted by molar-refractivity contribution is -0.274. The van der Waals surface area contributed by atoms with E-state index < -0.39 is 53.2 Å². The topological polar surface area (TPSA) is 106 Å². The maximum atomic E-state index is 14.9. The summed E-state index contributed by atoms with van der Waals surface area (Å²) in [4.78, 5) is 27.4. The van der Waals surface area contributed by atoms with E-state index in [4.69, 9.17) is 5.11 Å². The first-order valence-electron chi connectivity index (χ1n) is 13.8. The summed E-state index contributed by atoms with van der Waals surface area (Å²) in [7, 11) is 0. The highest BCUT2D eigenvalue weighted by molar-refractivity contribution is 5.94. The fourth-order valence-electron chi connectivity index (χ4n) is 4.82. The number of benzene rings is 3. The van der Waals surface area contributed by atoms with Crippen LogP contribution in [0.25, 0.3) is 33.4 Å². The third-order valence-electron chi connectivity index (χ3n) is 7.13. The van der Waals surface area contributed by atoms with Crippen LogP contribution >= 0.6 is 0 Å². The van der Waals surface area contributed by atoms with Crippen molar-refractivity contribution in [3.05, 3.63) is 102 Å². The highest BCUT2D eigenvalue weighted by atomic mass is 19.4. The van der Waals surface area contributed by atoms with Gasteiger partial charge in [-0.15, -0.1) is 13.2 Å². The van der Waals surface area contributed by atoms with Gasteiger partial charge in [-0.05, 0) is 73.2 Å². The molecule has 47 heavy (non-hydrogen) atoms. The number of carbonyl (C=O) groups is 2. The van der Waals surface area contributed by atoms with Crippen molar-refractivity contribution in [3.63, 3.8) is 0 Å². The molecular formula is C32H23F7N4O4. The molecule has 3 aromatic carbocycles. The maximum Gasteiger partial charge on any atom is 0.573 e. The molecule has 2 N–H and O–H groups in total. The number of pyridine rings is 1. The molecule has 0 bridgehead atoms. The van der Waals surface area contributed by atoms with Crippen LogP contribution in [0.2, 0.25) is 0 Å². The van der Waals surface area contributed by atoms with Crippen molar-refractivity contribution in [2.45, 2.75) is 31.9 Å². The number of fused-ring (bicyclic) bond motifs is 1. The lowest BCUT2D eigenvalue weighted by atomic mass is 10.0. The van der Waals surface area contributed by atoms with Crippen LogP contribution in [0.4, 0.5) is 30.7 Å². The van der Waals surface area contributed by atoms with Crippen LogP contribution < -0.4 is 10.1 Å². The van der Waals surface area contributed by atoms with Crippen LogP contribution in [-0.4, -0.2) is 44.7 Å². The summed E-state index contributed by atoms with van der Waals surface area (Å²) in [5, 5.41) is 15.9. The fourth-order valence-corrected chi connectivity index (χ4v) is 4.82. The smallest absolute Gasteiger partial charge is 0.481 e. The maximum absolute atomic E-state index is 14.9. The van der Waals surface area contributed by atoms with Gasteiger partial charge < -0.3 is 15.2 Å². The van der Waals surface area contributed by atoms with E-state index in [1.807, 2.05) is 0 Å². The number of ether oxygens (including phenoxy) is 1. The molecular weight excluding hydrogens is 637 g/mol. The van der Waals surface area contributed by atoms with Gasteiger partial charge in [-0.2, -0.15) is 18.3 Å². The number of halogens is 7. The number of carbonyl (C=O) groups excluding carboxylic acids is 1. The molecule has 1 unspecified atom stereocenters. The second kappa shape index (κ2) is 12.7. The van der Waals surface area contributed by atoms with Gasteiger partial charge in [0.1, 0.15) is 11.6 Å². The number of nitrogens with zero attached hydrogens (tertiary/aromatic N) is 3. The van der Waals surface area contributed by atoms with E-state index in [1.54, 1.807) is 19.1 Å². The van der Waals surface area contributed by atoms with Gasteiger partial charge in [0.15, 0.2) is 0 Å². The number of carboxylic acids is 1. The lowest BCUT2D eigenvalue weighted by Gasteiger charge is -2.17. The third kappa shape index (κ3) is 7.68. The summed E-state index contributed by atoms with van der Waals surface area (Å²) in [6, 6.07) is 13.8. The lowest BCUT2D eigenvalue weighted by Crippen LogP contribution is -2.26. The van der Waals surface area contributed by atoms with Gasteiger partial charge in [0, 0.05) is 34.8 Å². The molecule has 1 atom stereocenters. The van der Waals surface area contributed by atoms with E-state index in [0.717, 1.165) is 12.1 Å². The van der Waals surface area contributed by atoms with Crippen LogP contribution in [0, 0.1) is 5.82 Å². The number of hydrogen-bond acceptors (Lipinski definition) is 5. The SMILES string of the molecule is CC(c1ccc(C(=O)NCCC(=O)O)cc1)n1nc(-c2cc(C(F)(F)F)ccc2F)cc1-c1cnc2ccc(OC(F)(F)F)cc2c1. The number of amides is 1. The molecule has 0 aliphatic carbocycles. The highest BCUT2D eigenvalue weighted by Crippen LogP contribution is 2.37. The number of carboxylic acid groups (broad SMARTS) is 1. The van der Waals surface area contributed by atoms with Gasteiger partial charge in [-0.1, -0.05) is 12.1 Å². The Balaban J connectivity index is 1.58. The van der Waals surface area contributed by atoms with Crippen LogP contribution in [0.5, 0.6) is 5.75 Å². The van der Waals surface area contributed by atoms with Crippen molar-refractivity contribution in [3.8, 4) is 28.3 Å². The van der Waals surface area contributed by atoms with E-state index in [9.17, 15) is 40.3 Å². The van der Waals surface area contributed by atoms with Gasteiger partial charge in [-0.3, -0.25) is 19.3 Å². The van der Waals surface area contributed by atoms with Gasteiger partial charge in [0.25, 0.3) is 5.91 Å². The van der Waals surface area contributed by atoms with Crippen molar-refractivity contribution < 1.29 is 50.2 Å². The number of nitrogens with one attached hydrogen (secondary N) is 1. The zero-order chi connectivity index (χ0) is 34.1. The van der Waals surface area contributed by atoms with Crippen LogP contribution in [0.15, 0.2) is 79.0 Å². The predicted octanol–water partition coefficient (Wildman–Crippen LogP) is 7.64. The average Bonchev–Trinajstić information content (AvgIpc) is 3.44. The summed E-state index contributed by atoms with van der Waals surface area (Å²) >= 11 is 0. The Bertz CT molecular complexity index is 1950. The van der Waals surface area contributed by atoms with E-state index in [-0.39, 0.29) is 35.3 Å². The number of rotatable bonds is 9. The first kappa shape index (κ1) is 32.9. The number of hydrogen-bond donors (Lipinski definition) is 2. The molecule has 1 amide bonds. The average molecular weight is 661 g/mol. The molecule has 5 rings (SSSR count). The molecule has 0 saturated heterocycles. The molecule has 244 valence electrons. The van der Waals surface area contributed by atoms with E-state index >= 15 is 0 Å². The Morgan fingerprint density at radius 1 is 0.957 bits per heavy atom. The Hall–Kier alpha value is -5.47. The molecule has 0 aliphatic heterocycles. The van der Waals surface area contributed by atoms with Crippen molar-refractivity contribution >= 4 is 22.8 Å².